The third kappa shape index (κ3) is 5.35. The van der Waals surface area contributed by atoms with Crippen LogP contribution in [0.3, 0.4) is 0 Å². The van der Waals surface area contributed by atoms with E-state index in [-0.39, 0.29) is 5.89 Å². The molecule has 0 aliphatic heterocycles. The molecule has 0 bridgehead atoms. The van der Waals surface area contributed by atoms with Crippen LogP contribution in [0.2, 0.25) is 0 Å². The van der Waals surface area contributed by atoms with Crippen LogP contribution in [-0.2, 0) is 21.6 Å². The highest BCUT2D eigenvalue weighted by Gasteiger charge is 2.45. The van der Waals surface area contributed by atoms with Gasteiger partial charge in [-0.15, -0.1) is 4.72 Å². The second-order valence-corrected chi connectivity index (χ2v) is 13.6. The Morgan fingerprint density at radius 3 is 2.44 bits per heavy atom. The molecule has 10 heteroatoms. The van der Waals surface area contributed by atoms with E-state index in [1.54, 1.807) is 37.6 Å². The predicted molar refractivity (Wildman–Crippen MR) is 151 cm³/mol. The molecule has 39 heavy (non-hydrogen) atoms. The van der Waals surface area contributed by atoms with Gasteiger partial charge in [0.15, 0.2) is 11.1 Å². The number of oxazole rings is 1. The van der Waals surface area contributed by atoms with Gasteiger partial charge in [-0.3, -0.25) is 4.57 Å². The lowest BCUT2D eigenvalue weighted by molar-refractivity contribution is 0.0544. The van der Waals surface area contributed by atoms with Crippen LogP contribution in [0.5, 0.6) is 5.75 Å². The topological polar surface area (TPSA) is 125 Å². The number of methoxy groups -OCH3 is 1. The molecule has 2 atom stereocenters. The van der Waals surface area contributed by atoms with Gasteiger partial charge in [-0.25, -0.2) is 9.78 Å². The van der Waals surface area contributed by atoms with Crippen molar-refractivity contribution < 1.29 is 23.2 Å². The molecule has 0 radical (unpaired) electrons. The highest BCUT2D eigenvalue weighted by molar-refractivity contribution is 7.90. The van der Waals surface area contributed by atoms with Crippen molar-refractivity contribution in [1.29, 1.82) is 5.26 Å². The van der Waals surface area contributed by atoms with Crippen LogP contribution in [0, 0.1) is 18.3 Å². The first kappa shape index (κ1) is 28.5. The minimum atomic E-state index is -1.57. The number of hydrogen-bond acceptors (Lipinski definition) is 8. The van der Waals surface area contributed by atoms with Crippen LogP contribution in [0.1, 0.15) is 71.0 Å². The molecule has 4 rings (SSSR count). The second kappa shape index (κ2) is 9.90. The number of fused-ring (bicyclic) bond motifs is 2. The molecule has 1 N–H and O–H groups in total. The van der Waals surface area contributed by atoms with Crippen LogP contribution in [0.4, 0.5) is 4.79 Å². The first-order valence-electron chi connectivity index (χ1n) is 12.5. The summed E-state index contributed by atoms with van der Waals surface area (Å²) in [6.45, 7) is 14.7. The van der Waals surface area contributed by atoms with E-state index in [9.17, 15) is 14.6 Å². The van der Waals surface area contributed by atoms with Gasteiger partial charge < -0.3 is 18.4 Å². The van der Waals surface area contributed by atoms with Crippen LogP contribution in [0.15, 0.2) is 40.9 Å². The Bertz CT molecular complexity index is 1600. The summed E-state index contributed by atoms with van der Waals surface area (Å²) < 4.78 is 35.4. The summed E-state index contributed by atoms with van der Waals surface area (Å²) in [4.78, 5) is 17.9. The molecule has 0 aliphatic carbocycles. The van der Waals surface area contributed by atoms with Gasteiger partial charge in [0.05, 0.1) is 24.3 Å². The maximum Gasteiger partial charge on any atom is 0.419 e. The largest absolute Gasteiger partial charge is 0.598 e. The smallest absolute Gasteiger partial charge is 0.419 e. The van der Waals surface area contributed by atoms with E-state index in [1.807, 2.05) is 61.5 Å². The molecule has 0 fully saturated rings. The Morgan fingerprint density at radius 2 is 1.85 bits per heavy atom. The van der Waals surface area contributed by atoms with Crippen molar-refractivity contribution in [3.63, 3.8) is 0 Å². The Hall–Kier alpha value is -3.52. The first-order chi connectivity index (χ1) is 18.1. The van der Waals surface area contributed by atoms with Crippen LogP contribution >= 0.6 is 0 Å². The molecule has 0 saturated heterocycles. The van der Waals surface area contributed by atoms with Gasteiger partial charge in [-0.2, -0.15) is 5.26 Å². The zero-order valence-corrected chi connectivity index (χ0v) is 24.6. The fraction of sp³-hybridized carbons (Fsp3) is 0.414. The molecule has 4 aromatic rings. The number of rotatable bonds is 5. The second-order valence-electron chi connectivity index (χ2n) is 11.6. The van der Waals surface area contributed by atoms with Crippen LogP contribution < -0.4 is 9.46 Å². The van der Waals surface area contributed by atoms with Crippen molar-refractivity contribution in [3.8, 4) is 11.8 Å². The number of ether oxygens (including phenoxy) is 2. The number of carbonyl (C=O) groups is 1. The van der Waals surface area contributed by atoms with E-state index >= 15 is 0 Å². The first-order valence-corrected chi connectivity index (χ1v) is 13.7. The van der Waals surface area contributed by atoms with Gasteiger partial charge >= 0.3 is 6.09 Å². The zero-order chi connectivity index (χ0) is 28.9. The number of hydrogen-bond donors (Lipinski definition) is 1. The summed E-state index contributed by atoms with van der Waals surface area (Å²) in [7, 11) is 1.56. The normalized spacial score (nSPS) is 14.7. The summed E-state index contributed by atoms with van der Waals surface area (Å²) in [5.74, 6) is 0.737. The molecule has 0 aliphatic rings. The lowest BCUT2D eigenvalue weighted by Gasteiger charge is -2.34. The van der Waals surface area contributed by atoms with Crippen molar-refractivity contribution in [1.82, 2.24) is 14.3 Å². The number of nitrogens with zero attached hydrogens (tertiary/aromatic N) is 3. The number of aryl methyl sites for hydroxylation is 1. The van der Waals surface area contributed by atoms with Gasteiger partial charge in [-0.05, 0) is 91.3 Å². The van der Waals surface area contributed by atoms with Gasteiger partial charge in [-0.1, -0.05) is 0 Å². The van der Waals surface area contributed by atoms with E-state index in [4.69, 9.17) is 18.9 Å². The number of nitrogens with one attached hydrogen (secondary N) is 1. The van der Waals surface area contributed by atoms with Crippen LogP contribution in [-0.4, -0.2) is 37.7 Å². The quantitative estimate of drug-likeness (QED) is 0.297. The van der Waals surface area contributed by atoms with Crippen molar-refractivity contribution >= 4 is 39.5 Å². The van der Waals surface area contributed by atoms with E-state index in [0.29, 0.717) is 38.9 Å². The lowest BCUT2D eigenvalue weighted by atomic mass is 9.88. The SMILES string of the molecule is COc1cc(C)c2c(ccn2C(=O)OC(C)(C)C)c1C(C)(N[S+]([O-])C(C)(C)C)c1nc2cc(C#N)ccc2o1. The van der Waals surface area contributed by atoms with Gasteiger partial charge in [0.2, 0.25) is 5.89 Å². The van der Waals surface area contributed by atoms with Crippen molar-refractivity contribution in [2.24, 2.45) is 0 Å². The minimum absolute atomic E-state index is 0.235. The Kier molecular flexibility index (Phi) is 7.23. The third-order valence-electron chi connectivity index (χ3n) is 6.23. The number of benzene rings is 2. The zero-order valence-electron chi connectivity index (χ0n) is 23.8. The standard InChI is InChI=1S/C29H34N4O5S/c1-17-14-22(36-9)23(19-12-13-33(24(17)19)26(34)38-27(2,3)4)29(8,32-39(35)28(5,6)7)25-31-20-15-18(16-30)10-11-21(20)37-25/h10-15,32H,1-9H3. The van der Waals surface area contributed by atoms with E-state index in [2.05, 4.69) is 10.8 Å². The van der Waals surface area contributed by atoms with Crippen molar-refractivity contribution in [2.75, 3.05) is 7.11 Å². The van der Waals surface area contributed by atoms with Crippen LogP contribution in [0.25, 0.3) is 22.0 Å². The third-order valence-corrected chi connectivity index (χ3v) is 7.94. The van der Waals surface area contributed by atoms with Gasteiger partial charge in [0, 0.05) is 28.5 Å². The summed E-state index contributed by atoms with van der Waals surface area (Å²) in [5, 5.41) is 10.0. The maximum absolute atomic E-state index is 13.6. The number of carbonyl (C=O) groups excluding carboxylic acids is 1. The summed E-state index contributed by atoms with van der Waals surface area (Å²) >= 11 is -1.57. The fourth-order valence-corrected chi connectivity index (χ4v) is 5.26. The van der Waals surface area contributed by atoms with Crippen molar-refractivity contribution in [2.45, 2.75) is 71.3 Å². The lowest BCUT2D eigenvalue weighted by Crippen LogP contribution is -2.51. The molecule has 0 amide bonds. The molecule has 9 nitrogen and oxygen atoms in total. The average Bonchev–Trinajstić information content (AvgIpc) is 3.46. The van der Waals surface area contributed by atoms with E-state index in [0.717, 1.165) is 5.56 Å². The van der Waals surface area contributed by atoms with Gasteiger partial charge in [0.1, 0.15) is 21.6 Å². The molecule has 2 aromatic carbocycles. The monoisotopic (exact) mass is 550 g/mol. The Balaban J connectivity index is 2.03. The maximum atomic E-state index is 13.6. The predicted octanol–water partition coefficient (Wildman–Crippen LogP) is 6.07. The van der Waals surface area contributed by atoms with E-state index < -0.39 is 33.3 Å². The molecular weight excluding hydrogens is 516 g/mol. The fourth-order valence-electron chi connectivity index (χ4n) is 4.40. The summed E-state index contributed by atoms with van der Waals surface area (Å²) in [6, 6.07) is 10.7. The summed E-state index contributed by atoms with van der Waals surface area (Å²) in [6.07, 6.45) is 1.14. The molecule has 2 unspecified atom stereocenters. The minimum Gasteiger partial charge on any atom is -0.598 e. The molecule has 0 spiro atoms. The van der Waals surface area contributed by atoms with E-state index in [1.165, 1.54) is 4.57 Å². The molecular formula is C29H34N4O5S. The number of nitriles is 1. The highest BCUT2D eigenvalue weighted by Crippen LogP contribution is 2.44. The number of aromatic nitrogens is 2. The summed E-state index contributed by atoms with van der Waals surface area (Å²) in [5.41, 5.74) is 1.46. The Morgan fingerprint density at radius 1 is 1.15 bits per heavy atom. The average molecular weight is 551 g/mol. The molecule has 2 aromatic heterocycles. The Labute approximate surface area is 231 Å². The molecule has 2 heterocycles. The molecule has 206 valence electrons. The van der Waals surface area contributed by atoms with Crippen molar-refractivity contribution in [3.05, 3.63) is 59.1 Å². The van der Waals surface area contributed by atoms with Gasteiger partial charge in [0.25, 0.3) is 0 Å². The molecule has 0 saturated carbocycles. The highest BCUT2D eigenvalue weighted by atomic mass is 32.2.